The molecule has 0 bridgehead atoms. The Morgan fingerprint density at radius 3 is 2.93 bits per heavy atom. The lowest BCUT2D eigenvalue weighted by Gasteiger charge is -2.07. The summed E-state index contributed by atoms with van der Waals surface area (Å²) in [6, 6.07) is 5.95. The summed E-state index contributed by atoms with van der Waals surface area (Å²) in [6.07, 6.45) is 3.73. The van der Waals surface area contributed by atoms with Crippen LogP contribution in [0, 0.1) is 6.92 Å². The predicted molar refractivity (Wildman–Crippen MR) is 64.6 cm³/mol. The van der Waals surface area contributed by atoms with E-state index >= 15 is 0 Å². The van der Waals surface area contributed by atoms with Crippen LogP contribution in [0.5, 0.6) is 0 Å². The van der Waals surface area contributed by atoms with Crippen LogP contribution in [0.4, 0.5) is 5.69 Å². The highest BCUT2D eigenvalue weighted by Crippen LogP contribution is 2.17. The minimum absolute atomic E-state index is 0.752. The van der Waals surface area contributed by atoms with E-state index in [1.807, 2.05) is 29.9 Å². The number of anilines is 1. The van der Waals surface area contributed by atoms with Gasteiger partial charge in [-0.05, 0) is 40.0 Å². The topological polar surface area (TPSA) is 43.8 Å². The molecule has 3 nitrogen and oxygen atoms in total. The van der Waals surface area contributed by atoms with Crippen molar-refractivity contribution >= 4 is 21.6 Å². The number of nitrogens with two attached hydrogens (primary N) is 1. The van der Waals surface area contributed by atoms with E-state index in [1.165, 1.54) is 5.56 Å². The first-order valence-electron chi connectivity index (χ1n) is 4.69. The Labute approximate surface area is 97.0 Å². The third-order valence-corrected chi connectivity index (χ3v) is 2.83. The molecule has 0 fully saturated rings. The Morgan fingerprint density at radius 1 is 1.47 bits per heavy atom. The molecule has 0 saturated carbocycles. The highest BCUT2D eigenvalue weighted by atomic mass is 79.9. The maximum Gasteiger partial charge on any atom is 0.0663 e. The van der Waals surface area contributed by atoms with Gasteiger partial charge in [0.15, 0.2) is 0 Å². The average Bonchev–Trinajstić information content (AvgIpc) is 2.59. The van der Waals surface area contributed by atoms with Crippen LogP contribution >= 0.6 is 15.9 Å². The molecule has 2 aromatic rings. The first-order valence-corrected chi connectivity index (χ1v) is 5.48. The van der Waals surface area contributed by atoms with Crippen molar-refractivity contribution in [2.45, 2.75) is 13.5 Å². The van der Waals surface area contributed by atoms with Gasteiger partial charge in [0.25, 0.3) is 0 Å². The number of rotatable bonds is 2. The molecule has 0 amide bonds. The molecule has 15 heavy (non-hydrogen) atoms. The Morgan fingerprint density at radius 2 is 2.27 bits per heavy atom. The lowest BCUT2D eigenvalue weighted by molar-refractivity contribution is 0.684. The maximum absolute atomic E-state index is 5.84. The van der Waals surface area contributed by atoms with E-state index in [1.54, 1.807) is 6.20 Å². The van der Waals surface area contributed by atoms with Crippen LogP contribution in [0.25, 0.3) is 0 Å². The first-order chi connectivity index (χ1) is 7.16. The summed E-state index contributed by atoms with van der Waals surface area (Å²) in [5, 5.41) is 4.21. The fraction of sp³-hybridized carbons (Fsp3) is 0.182. The normalized spacial score (nSPS) is 10.5. The molecule has 4 heteroatoms. The van der Waals surface area contributed by atoms with Crippen LogP contribution in [0.15, 0.2) is 35.1 Å². The van der Waals surface area contributed by atoms with Crippen molar-refractivity contribution in [3.05, 3.63) is 46.2 Å². The van der Waals surface area contributed by atoms with Gasteiger partial charge in [-0.25, -0.2) is 0 Å². The van der Waals surface area contributed by atoms with Crippen molar-refractivity contribution in [2.24, 2.45) is 0 Å². The monoisotopic (exact) mass is 265 g/mol. The van der Waals surface area contributed by atoms with Crippen molar-refractivity contribution in [2.75, 3.05) is 5.73 Å². The molecule has 0 aliphatic rings. The molecule has 1 heterocycles. The molecular formula is C11H12BrN3. The van der Waals surface area contributed by atoms with E-state index in [2.05, 4.69) is 27.1 Å². The fourth-order valence-corrected chi connectivity index (χ4v) is 1.80. The van der Waals surface area contributed by atoms with Gasteiger partial charge in [0, 0.05) is 11.9 Å². The molecule has 1 aromatic heterocycles. The van der Waals surface area contributed by atoms with Crippen molar-refractivity contribution in [1.29, 1.82) is 0 Å². The Balaban J connectivity index is 2.28. The summed E-state index contributed by atoms with van der Waals surface area (Å²) in [5.41, 5.74) is 9.00. The lowest BCUT2D eigenvalue weighted by atomic mass is 10.1. The van der Waals surface area contributed by atoms with Crippen molar-refractivity contribution < 1.29 is 0 Å². The van der Waals surface area contributed by atoms with Gasteiger partial charge in [0.05, 0.1) is 17.2 Å². The number of aromatic nitrogens is 2. The Bertz CT molecular complexity index is 476. The lowest BCUT2D eigenvalue weighted by Crippen LogP contribution is -2.03. The summed E-state index contributed by atoms with van der Waals surface area (Å²) in [7, 11) is 0. The van der Waals surface area contributed by atoms with E-state index in [0.29, 0.717) is 0 Å². The molecule has 2 rings (SSSR count). The Hall–Kier alpha value is -1.29. The molecule has 2 N–H and O–H groups in total. The average molecular weight is 266 g/mol. The Kier molecular flexibility index (Phi) is 2.77. The van der Waals surface area contributed by atoms with Gasteiger partial charge in [-0.1, -0.05) is 12.1 Å². The second-order valence-corrected chi connectivity index (χ2v) is 4.40. The quantitative estimate of drug-likeness (QED) is 0.849. The van der Waals surface area contributed by atoms with Crippen molar-refractivity contribution in [1.82, 2.24) is 9.78 Å². The predicted octanol–water partition coefficient (Wildman–Crippen LogP) is 2.58. The van der Waals surface area contributed by atoms with Gasteiger partial charge in [0.2, 0.25) is 0 Å². The third-order valence-electron chi connectivity index (χ3n) is 2.42. The second-order valence-electron chi connectivity index (χ2n) is 3.49. The fourth-order valence-electron chi connectivity index (χ4n) is 1.47. The summed E-state index contributed by atoms with van der Waals surface area (Å²) in [6.45, 7) is 2.78. The SMILES string of the molecule is Cc1c(N)cccc1Cn1cc(Br)cn1. The van der Waals surface area contributed by atoms with Gasteiger partial charge < -0.3 is 5.73 Å². The molecule has 1 aromatic carbocycles. The van der Waals surface area contributed by atoms with Crippen molar-refractivity contribution in [3.63, 3.8) is 0 Å². The molecule has 0 aliphatic carbocycles. The van der Waals surface area contributed by atoms with Crippen LogP contribution in [-0.2, 0) is 6.54 Å². The number of benzene rings is 1. The molecular weight excluding hydrogens is 254 g/mol. The number of hydrogen-bond acceptors (Lipinski definition) is 2. The molecule has 0 saturated heterocycles. The van der Waals surface area contributed by atoms with Crippen LogP contribution in [-0.4, -0.2) is 9.78 Å². The van der Waals surface area contributed by atoms with Crippen LogP contribution in [0.2, 0.25) is 0 Å². The van der Waals surface area contributed by atoms with E-state index in [9.17, 15) is 0 Å². The summed E-state index contributed by atoms with van der Waals surface area (Å²) >= 11 is 3.37. The van der Waals surface area contributed by atoms with Crippen LogP contribution < -0.4 is 5.73 Å². The first kappa shape index (κ1) is 10.2. The summed E-state index contributed by atoms with van der Waals surface area (Å²) in [5.74, 6) is 0. The van der Waals surface area contributed by atoms with Gasteiger partial charge in [-0.15, -0.1) is 0 Å². The van der Waals surface area contributed by atoms with Gasteiger partial charge in [-0.3, -0.25) is 4.68 Å². The second kappa shape index (κ2) is 4.06. The summed E-state index contributed by atoms with van der Waals surface area (Å²) in [4.78, 5) is 0. The zero-order chi connectivity index (χ0) is 10.8. The van der Waals surface area contributed by atoms with Gasteiger partial charge >= 0.3 is 0 Å². The number of hydrogen-bond donors (Lipinski definition) is 1. The molecule has 0 spiro atoms. The van der Waals surface area contributed by atoms with E-state index in [0.717, 1.165) is 22.3 Å². The van der Waals surface area contributed by atoms with E-state index in [4.69, 9.17) is 5.73 Å². The minimum atomic E-state index is 0.752. The zero-order valence-corrected chi connectivity index (χ0v) is 10.0. The van der Waals surface area contributed by atoms with E-state index in [-0.39, 0.29) is 0 Å². The minimum Gasteiger partial charge on any atom is -0.399 e. The molecule has 0 radical (unpaired) electrons. The zero-order valence-electron chi connectivity index (χ0n) is 8.44. The largest absolute Gasteiger partial charge is 0.399 e. The number of halogens is 1. The molecule has 0 atom stereocenters. The standard InChI is InChI=1S/C11H12BrN3/c1-8-9(3-2-4-11(8)13)6-15-7-10(12)5-14-15/h2-5,7H,6,13H2,1H3. The maximum atomic E-state index is 5.84. The number of nitrogen functional groups attached to an aromatic ring is 1. The number of nitrogens with zero attached hydrogens (tertiary/aromatic N) is 2. The third kappa shape index (κ3) is 2.21. The van der Waals surface area contributed by atoms with Crippen molar-refractivity contribution in [3.8, 4) is 0 Å². The van der Waals surface area contributed by atoms with E-state index < -0.39 is 0 Å². The smallest absolute Gasteiger partial charge is 0.0663 e. The van der Waals surface area contributed by atoms with Crippen LogP contribution in [0.3, 0.4) is 0 Å². The summed E-state index contributed by atoms with van der Waals surface area (Å²) < 4.78 is 2.87. The molecule has 78 valence electrons. The highest BCUT2D eigenvalue weighted by molar-refractivity contribution is 9.10. The van der Waals surface area contributed by atoms with Crippen LogP contribution in [0.1, 0.15) is 11.1 Å². The molecule has 0 unspecified atom stereocenters. The van der Waals surface area contributed by atoms with Gasteiger partial charge in [0.1, 0.15) is 0 Å². The molecule has 0 aliphatic heterocycles. The van der Waals surface area contributed by atoms with Gasteiger partial charge in [-0.2, -0.15) is 5.10 Å². The highest BCUT2D eigenvalue weighted by Gasteiger charge is 2.02.